The number of nitrogens with zero attached hydrogens (tertiary/aromatic N) is 3. The first-order valence-corrected chi connectivity index (χ1v) is 10.8. The fourth-order valence-corrected chi connectivity index (χ4v) is 4.03. The third-order valence-electron chi connectivity index (χ3n) is 5.46. The Balaban J connectivity index is 0.00000179. The van der Waals surface area contributed by atoms with E-state index in [1.54, 1.807) is 4.57 Å². The summed E-state index contributed by atoms with van der Waals surface area (Å²) in [4.78, 5) is 26.1. The van der Waals surface area contributed by atoms with Crippen molar-refractivity contribution in [1.82, 2.24) is 4.57 Å². The summed E-state index contributed by atoms with van der Waals surface area (Å²) in [6.45, 7) is 4.92. The minimum atomic E-state index is -1.35. The second-order valence-electron chi connectivity index (χ2n) is 7.61. The zero-order valence-corrected chi connectivity index (χ0v) is 20.6. The van der Waals surface area contributed by atoms with Crippen LogP contribution in [-0.4, -0.2) is 42.9 Å². The van der Waals surface area contributed by atoms with E-state index in [2.05, 4.69) is 37.5 Å². The number of methoxy groups -OCH3 is 1. The molecule has 1 fully saturated rings. The van der Waals surface area contributed by atoms with Gasteiger partial charge in [0, 0.05) is 31.7 Å². The minimum absolute atomic E-state index is 0.0167. The van der Waals surface area contributed by atoms with Crippen LogP contribution in [0.3, 0.4) is 0 Å². The number of terminal acetylenes is 2. The van der Waals surface area contributed by atoms with Crippen molar-refractivity contribution >= 4 is 22.6 Å². The van der Waals surface area contributed by atoms with E-state index in [1.165, 1.54) is 20.4 Å². The summed E-state index contributed by atoms with van der Waals surface area (Å²) in [7, 11) is 2.92. The molecular formula is C26H33FN4O4. The van der Waals surface area contributed by atoms with Crippen LogP contribution in [0.5, 0.6) is 5.75 Å². The number of benzene rings is 1. The summed E-state index contributed by atoms with van der Waals surface area (Å²) < 4.78 is 22.4. The molecule has 1 aliphatic heterocycles. The maximum Gasteiger partial charge on any atom is 0.341 e. The molecule has 1 aromatic heterocycles. The van der Waals surface area contributed by atoms with Crippen LogP contribution in [0.1, 0.15) is 49.5 Å². The van der Waals surface area contributed by atoms with Gasteiger partial charge in [-0.15, -0.1) is 25.7 Å². The topological polar surface area (TPSA) is 122 Å². The number of hydrogen-bond acceptors (Lipinski definition) is 6. The van der Waals surface area contributed by atoms with Crippen molar-refractivity contribution in [2.75, 3.05) is 32.1 Å². The van der Waals surface area contributed by atoms with Crippen LogP contribution in [0.4, 0.5) is 10.1 Å². The molecule has 2 aromatic rings. The molecule has 188 valence electrons. The highest BCUT2D eigenvalue weighted by Crippen LogP contribution is 2.41. The van der Waals surface area contributed by atoms with Gasteiger partial charge in [0.1, 0.15) is 11.3 Å². The molecule has 8 nitrogen and oxygen atoms in total. The second-order valence-corrected chi connectivity index (χ2v) is 7.61. The number of ether oxygens (including phenoxy) is 1. The quantitative estimate of drug-likeness (QED) is 0.601. The van der Waals surface area contributed by atoms with Gasteiger partial charge in [-0.2, -0.15) is 5.26 Å². The highest BCUT2D eigenvalue weighted by molar-refractivity contribution is 5.97. The number of nitriles is 1. The summed E-state index contributed by atoms with van der Waals surface area (Å²) in [6.07, 6.45) is 19.3. The molecule has 1 saturated heterocycles. The molecule has 1 unspecified atom stereocenters. The van der Waals surface area contributed by atoms with Gasteiger partial charge < -0.3 is 25.0 Å². The van der Waals surface area contributed by atoms with Gasteiger partial charge in [0.15, 0.2) is 11.6 Å². The predicted octanol–water partition coefficient (Wildman–Crippen LogP) is 3.63. The Labute approximate surface area is 206 Å². The van der Waals surface area contributed by atoms with E-state index in [4.69, 9.17) is 10.00 Å². The summed E-state index contributed by atoms with van der Waals surface area (Å²) in [6, 6.07) is 3.08. The average Bonchev–Trinajstić information content (AvgIpc) is 3.34. The van der Waals surface area contributed by atoms with Gasteiger partial charge in [-0.25, -0.2) is 9.18 Å². The number of anilines is 1. The maximum absolute atomic E-state index is 15.2. The standard InChI is InChI=1S/C21H24FN3O4.2C2H2.CH5N/c1-12(2)25-11-15(21(27)28)19(26)14-9-16(22)18(20(29-3)17(14)25)24-8-6-13(10-24)5-4-7-23;3*1-2/h9,11-13H,4-6,8,10H2,1-3H3,(H,27,28);2*1-2H;2H2,1H3. The molecule has 0 radical (unpaired) electrons. The molecule has 1 aromatic carbocycles. The normalized spacial score (nSPS) is 13.9. The number of aromatic carboxylic acids is 1. The van der Waals surface area contributed by atoms with E-state index in [0.29, 0.717) is 25.0 Å². The van der Waals surface area contributed by atoms with Crippen molar-refractivity contribution in [3.05, 3.63) is 33.9 Å². The molecule has 2 heterocycles. The number of halogens is 1. The van der Waals surface area contributed by atoms with Gasteiger partial charge in [-0.1, -0.05) is 0 Å². The third-order valence-corrected chi connectivity index (χ3v) is 5.46. The number of fused-ring (bicyclic) bond motifs is 1. The van der Waals surface area contributed by atoms with Gasteiger partial charge in [0.25, 0.3) is 0 Å². The van der Waals surface area contributed by atoms with Crippen molar-refractivity contribution in [3.63, 3.8) is 0 Å². The van der Waals surface area contributed by atoms with E-state index in [-0.39, 0.29) is 28.8 Å². The molecule has 3 rings (SSSR count). The Morgan fingerprint density at radius 1 is 1.34 bits per heavy atom. The molecule has 0 aliphatic carbocycles. The minimum Gasteiger partial charge on any atom is -0.492 e. The fourth-order valence-electron chi connectivity index (χ4n) is 4.03. The highest BCUT2D eigenvalue weighted by atomic mass is 19.1. The van der Waals surface area contributed by atoms with Crippen LogP contribution in [-0.2, 0) is 0 Å². The van der Waals surface area contributed by atoms with E-state index in [1.807, 2.05) is 18.7 Å². The zero-order valence-electron chi connectivity index (χ0n) is 20.6. The van der Waals surface area contributed by atoms with E-state index >= 15 is 4.39 Å². The largest absolute Gasteiger partial charge is 0.492 e. The fraction of sp³-hybridized carbons (Fsp3) is 0.423. The van der Waals surface area contributed by atoms with Crippen LogP contribution in [0, 0.1) is 48.8 Å². The maximum atomic E-state index is 15.2. The molecule has 0 amide bonds. The smallest absolute Gasteiger partial charge is 0.341 e. The zero-order chi connectivity index (χ0) is 27.3. The first-order chi connectivity index (χ1) is 16.8. The highest BCUT2D eigenvalue weighted by Gasteiger charge is 2.30. The Kier molecular flexibility index (Phi) is 13.3. The van der Waals surface area contributed by atoms with Crippen molar-refractivity contribution in [1.29, 1.82) is 5.26 Å². The van der Waals surface area contributed by atoms with Crippen molar-refractivity contribution in [3.8, 4) is 37.5 Å². The first-order valence-electron chi connectivity index (χ1n) is 10.8. The molecule has 0 spiro atoms. The molecule has 0 saturated carbocycles. The van der Waals surface area contributed by atoms with Crippen LogP contribution >= 0.6 is 0 Å². The van der Waals surface area contributed by atoms with E-state index < -0.39 is 22.8 Å². The summed E-state index contributed by atoms with van der Waals surface area (Å²) in [5.74, 6) is -1.46. The number of carboxylic acids is 1. The second kappa shape index (κ2) is 15.0. The van der Waals surface area contributed by atoms with Crippen molar-refractivity contribution in [2.24, 2.45) is 11.7 Å². The lowest BCUT2D eigenvalue weighted by Crippen LogP contribution is -2.24. The summed E-state index contributed by atoms with van der Waals surface area (Å²) in [5.41, 5.74) is 4.02. The van der Waals surface area contributed by atoms with Crippen LogP contribution in [0.25, 0.3) is 10.9 Å². The van der Waals surface area contributed by atoms with Crippen LogP contribution < -0.4 is 20.8 Å². The van der Waals surface area contributed by atoms with Gasteiger partial charge in [0.2, 0.25) is 5.43 Å². The van der Waals surface area contributed by atoms with Gasteiger partial charge >= 0.3 is 5.97 Å². The summed E-state index contributed by atoms with van der Waals surface area (Å²) >= 11 is 0. The molecule has 0 bridgehead atoms. The first kappa shape index (κ1) is 31.0. The van der Waals surface area contributed by atoms with E-state index in [9.17, 15) is 14.7 Å². The molecule has 1 aliphatic rings. The number of rotatable bonds is 6. The van der Waals surface area contributed by atoms with Crippen LogP contribution in [0.2, 0.25) is 0 Å². The number of nitrogens with two attached hydrogens (primary N) is 1. The van der Waals surface area contributed by atoms with E-state index in [0.717, 1.165) is 18.9 Å². The Morgan fingerprint density at radius 2 is 1.94 bits per heavy atom. The van der Waals surface area contributed by atoms with Crippen molar-refractivity contribution < 1.29 is 19.0 Å². The number of hydrogen-bond donors (Lipinski definition) is 2. The number of carboxylic acid groups (broad SMARTS) is 1. The molecule has 35 heavy (non-hydrogen) atoms. The SMILES string of the molecule is C#C.C#C.CN.COc1c(N2CCC(CCC#N)C2)c(F)cc2c(=O)c(C(=O)O)cn(C(C)C)c12. The Bertz CT molecular complexity index is 1140. The van der Waals surface area contributed by atoms with Crippen LogP contribution in [0.15, 0.2) is 17.1 Å². The summed E-state index contributed by atoms with van der Waals surface area (Å²) in [5, 5.41) is 18.2. The predicted molar refractivity (Wildman–Crippen MR) is 137 cm³/mol. The number of pyridine rings is 1. The van der Waals surface area contributed by atoms with Crippen molar-refractivity contribution in [2.45, 2.75) is 39.2 Å². The lowest BCUT2D eigenvalue weighted by molar-refractivity contribution is 0.0694. The Hall–Kier alpha value is -4.00. The Morgan fingerprint density at radius 3 is 2.43 bits per heavy atom. The average molecular weight is 485 g/mol. The lowest BCUT2D eigenvalue weighted by Gasteiger charge is -2.25. The molecule has 9 heteroatoms. The van der Waals surface area contributed by atoms with Gasteiger partial charge in [0.05, 0.1) is 24.1 Å². The third kappa shape index (κ3) is 6.76. The number of aromatic nitrogens is 1. The van der Waals surface area contributed by atoms with Gasteiger partial charge in [-0.05, 0) is 45.7 Å². The lowest BCUT2D eigenvalue weighted by atomic mass is 10.0. The van der Waals surface area contributed by atoms with Gasteiger partial charge in [-0.3, -0.25) is 4.79 Å². The number of carbonyl (C=O) groups is 1. The molecular weight excluding hydrogens is 451 g/mol. The molecule has 1 atom stereocenters. The molecule has 3 N–H and O–H groups in total. The monoisotopic (exact) mass is 484 g/mol.